The van der Waals surface area contributed by atoms with Gasteiger partial charge in [-0.25, -0.2) is 0 Å². The Balaban J connectivity index is 0. The van der Waals surface area contributed by atoms with Crippen LogP contribution in [0.5, 0.6) is 0 Å². The van der Waals surface area contributed by atoms with Crippen LogP contribution in [-0.2, 0) is 4.79 Å². The van der Waals surface area contributed by atoms with Gasteiger partial charge in [0.2, 0.25) is 0 Å². The fourth-order valence-corrected chi connectivity index (χ4v) is 0.735. The third kappa shape index (κ3) is 4.56. The molecule has 0 fully saturated rings. The van der Waals surface area contributed by atoms with Crippen LogP contribution in [-0.4, -0.2) is 29.5 Å². The molecule has 0 amide bonds. The fraction of sp³-hybridized carbons (Fsp3) is 0.800. The Morgan fingerprint density at radius 3 is 1.40 bits per heavy atom. The van der Waals surface area contributed by atoms with Gasteiger partial charge in [-0.15, -0.1) is 12.4 Å². The van der Waals surface area contributed by atoms with Gasteiger partial charge in [0.25, 0.3) is 0 Å². The van der Waals surface area contributed by atoms with Gasteiger partial charge in [-0.3, -0.25) is 4.79 Å². The van der Waals surface area contributed by atoms with E-state index < -0.39 is 30.3 Å². The van der Waals surface area contributed by atoms with E-state index in [1.165, 1.54) is 0 Å². The molecule has 3 nitrogen and oxygen atoms in total. The first-order chi connectivity index (χ1) is 5.98. The van der Waals surface area contributed by atoms with Gasteiger partial charge >= 0.3 is 18.3 Å². The fourth-order valence-electron chi connectivity index (χ4n) is 0.735. The van der Waals surface area contributed by atoms with Crippen LogP contribution >= 0.6 is 12.4 Å². The summed E-state index contributed by atoms with van der Waals surface area (Å²) < 4.78 is 70.6. The summed E-state index contributed by atoms with van der Waals surface area (Å²) in [6.45, 7) is 0. The summed E-state index contributed by atoms with van der Waals surface area (Å²) in [5.74, 6) is -6.41. The van der Waals surface area contributed by atoms with Crippen LogP contribution in [0.3, 0.4) is 0 Å². The predicted octanol–water partition coefficient (Wildman–Crippen LogP) is 1.56. The summed E-state index contributed by atoms with van der Waals surface area (Å²) in [4.78, 5) is 9.91. The second kappa shape index (κ2) is 4.88. The first-order valence-corrected chi connectivity index (χ1v) is 3.09. The van der Waals surface area contributed by atoms with E-state index in [1.807, 2.05) is 0 Å². The van der Waals surface area contributed by atoms with E-state index in [9.17, 15) is 31.1 Å². The normalized spacial score (nSPS) is 14.7. The quantitative estimate of drug-likeness (QED) is 0.742. The summed E-state index contributed by atoms with van der Waals surface area (Å²) in [5.41, 5.74) is 4.29. The highest BCUT2D eigenvalue weighted by atomic mass is 35.5. The summed E-state index contributed by atoms with van der Waals surface area (Å²) in [6, 6.07) is -3.05. The van der Waals surface area contributed by atoms with Crippen molar-refractivity contribution in [3.8, 4) is 0 Å². The summed E-state index contributed by atoms with van der Waals surface area (Å²) >= 11 is 0. The number of carboxylic acid groups (broad SMARTS) is 1. The van der Waals surface area contributed by atoms with Gasteiger partial charge in [-0.2, -0.15) is 26.3 Å². The van der Waals surface area contributed by atoms with E-state index in [0.29, 0.717) is 0 Å². The molecule has 1 unspecified atom stereocenters. The summed E-state index contributed by atoms with van der Waals surface area (Å²) in [7, 11) is 0. The minimum absolute atomic E-state index is 0. The maximum absolute atomic E-state index is 11.8. The highest BCUT2D eigenvalue weighted by Gasteiger charge is 2.61. The highest BCUT2D eigenvalue weighted by molar-refractivity contribution is 5.85. The van der Waals surface area contributed by atoms with Gasteiger partial charge in [0, 0.05) is 0 Å². The molecule has 1 atom stereocenters. The molecule has 0 aliphatic heterocycles. The Morgan fingerprint density at radius 1 is 1.07 bits per heavy atom. The second-order valence-electron chi connectivity index (χ2n) is 2.42. The monoisotopic (exact) mass is 261 g/mol. The van der Waals surface area contributed by atoms with Crippen molar-refractivity contribution in [2.45, 2.75) is 18.4 Å². The largest absolute Gasteiger partial charge is 0.480 e. The van der Waals surface area contributed by atoms with Crippen LogP contribution in [0.2, 0.25) is 0 Å². The van der Waals surface area contributed by atoms with Crippen LogP contribution in [0.15, 0.2) is 0 Å². The Morgan fingerprint density at radius 2 is 1.33 bits per heavy atom. The molecule has 0 heterocycles. The average Bonchev–Trinajstić information content (AvgIpc) is 1.79. The third-order valence-corrected chi connectivity index (χ3v) is 1.35. The maximum atomic E-state index is 11.8. The number of rotatable bonds is 2. The zero-order valence-corrected chi connectivity index (χ0v) is 7.58. The van der Waals surface area contributed by atoms with E-state index in [2.05, 4.69) is 5.73 Å². The molecule has 0 radical (unpaired) electrons. The number of hydrogen-bond acceptors (Lipinski definition) is 2. The molecule has 0 aromatic carbocycles. The van der Waals surface area contributed by atoms with E-state index in [-0.39, 0.29) is 12.4 Å². The lowest BCUT2D eigenvalue weighted by molar-refractivity contribution is -0.289. The smallest absolute Gasteiger partial charge is 0.402 e. The summed E-state index contributed by atoms with van der Waals surface area (Å²) in [6.07, 6.45) is -11.5. The maximum Gasteiger partial charge on any atom is 0.402 e. The number of halogens is 7. The molecule has 3 N–H and O–H groups in total. The van der Waals surface area contributed by atoms with Crippen molar-refractivity contribution in [1.29, 1.82) is 0 Å². The van der Waals surface area contributed by atoms with Crippen LogP contribution < -0.4 is 5.73 Å². The van der Waals surface area contributed by atoms with E-state index in [0.717, 1.165) is 0 Å². The van der Waals surface area contributed by atoms with Gasteiger partial charge in [0.15, 0.2) is 5.92 Å². The van der Waals surface area contributed by atoms with Crippen molar-refractivity contribution in [2.75, 3.05) is 0 Å². The Hall–Kier alpha value is -0.700. The molecule has 0 bridgehead atoms. The van der Waals surface area contributed by atoms with Crippen molar-refractivity contribution in [3.05, 3.63) is 0 Å². The molecule has 92 valence electrons. The number of carbonyl (C=O) groups is 1. The van der Waals surface area contributed by atoms with Crippen LogP contribution in [0.1, 0.15) is 0 Å². The lowest BCUT2D eigenvalue weighted by atomic mass is 9.99. The molecule has 0 aliphatic carbocycles. The molecule has 0 aliphatic rings. The topological polar surface area (TPSA) is 63.3 Å². The highest BCUT2D eigenvalue weighted by Crippen LogP contribution is 2.40. The predicted molar refractivity (Wildman–Crippen MR) is 38.5 cm³/mol. The molecule has 0 aromatic rings. The average molecular weight is 262 g/mol. The first-order valence-electron chi connectivity index (χ1n) is 3.09. The van der Waals surface area contributed by atoms with E-state index >= 15 is 0 Å². The Labute approximate surface area is 85.6 Å². The number of aliphatic carboxylic acids is 1. The first kappa shape index (κ1) is 16.7. The number of alkyl halides is 6. The van der Waals surface area contributed by atoms with E-state index in [4.69, 9.17) is 5.11 Å². The Kier molecular flexibility index (Phi) is 5.44. The minimum Gasteiger partial charge on any atom is -0.480 e. The zero-order chi connectivity index (χ0) is 11.7. The van der Waals surface area contributed by atoms with Crippen molar-refractivity contribution in [1.82, 2.24) is 0 Å². The van der Waals surface area contributed by atoms with Crippen LogP contribution in [0.25, 0.3) is 0 Å². The number of carboxylic acids is 1. The summed E-state index contributed by atoms with van der Waals surface area (Å²) in [5, 5.41) is 7.95. The zero-order valence-electron chi connectivity index (χ0n) is 6.76. The molecular weight excluding hydrogens is 256 g/mol. The second-order valence-corrected chi connectivity index (χ2v) is 2.42. The molecular formula is C5H6ClF6NO2. The molecule has 0 rings (SSSR count). The van der Waals surface area contributed by atoms with Crippen LogP contribution in [0, 0.1) is 5.92 Å². The van der Waals surface area contributed by atoms with Crippen molar-refractivity contribution >= 4 is 18.4 Å². The minimum atomic E-state index is -5.73. The van der Waals surface area contributed by atoms with Crippen LogP contribution in [0.4, 0.5) is 26.3 Å². The lowest BCUT2D eigenvalue weighted by Crippen LogP contribution is -2.52. The van der Waals surface area contributed by atoms with Crippen molar-refractivity contribution in [3.63, 3.8) is 0 Å². The number of nitrogens with two attached hydrogens (primary N) is 1. The molecule has 0 saturated heterocycles. The Bertz CT molecular complexity index is 213. The third-order valence-electron chi connectivity index (χ3n) is 1.35. The molecule has 10 heteroatoms. The van der Waals surface area contributed by atoms with Crippen molar-refractivity contribution < 1.29 is 36.2 Å². The van der Waals surface area contributed by atoms with E-state index in [1.54, 1.807) is 0 Å². The number of hydrogen-bond donors (Lipinski definition) is 2. The van der Waals surface area contributed by atoms with Crippen molar-refractivity contribution in [2.24, 2.45) is 11.7 Å². The molecule has 0 aromatic heterocycles. The van der Waals surface area contributed by atoms with Gasteiger partial charge < -0.3 is 10.8 Å². The SMILES string of the molecule is Cl.NC(C(=O)O)C(C(F)(F)F)C(F)(F)F. The van der Waals surface area contributed by atoms with Gasteiger partial charge in [-0.05, 0) is 0 Å². The van der Waals surface area contributed by atoms with Gasteiger partial charge in [-0.1, -0.05) is 0 Å². The lowest BCUT2D eigenvalue weighted by Gasteiger charge is -2.25. The standard InChI is InChI=1S/C5H5F6NO2.ClH/c6-4(7,8)2(5(9,10)11)1(12)3(13)14;/h1-2H,12H2,(H,13,14);1H. The van der Waals surface area contributed by atoms with Gasteiger partial charge in [0.1, 0.15) is 6.04 Å². The molecule has 0 saturated carbocycles. The van der Waals surface area contributed by atoms with Gasteiger partial charge in [0.05, 0.1) is 0 Å². The molecule has 15 heavy (non-hydrogen) atoms. The molecule has 0 spiro atoms.